The Labute approximate surface area is 173 Å². The highest BCUT2D eigenvalue weighted by atomic mass is 32.2. The second kappa shape index (κ2) is 9.18. The van der Waals surface area contributed by atoms with E-state index in [0.717, 1.165) is 29.7 Å². The van der Waals surface area contributed by atoms with E-state index in [1.54, 1.807) is 17.8 Å². The first-order valence-corrected chi connectivity index (χ1v) is 11.4. The first-order chi connectivity index (χ1) is 13.5. The predicted molar refractivity (Wildman–Crippen MR) is 111 cm³/mol. The maximum atomic E-state index is 13.2. The maximum Gasteiger partial charge on any atom is 0.380 e. The molecule has 9 heteroatoms. The molecule has 1 aromatic rings. The van der Waals surface area contributed by atoms with Gasteiger partial charge in [0.15, 0.2) is 0 Å². The van der Waals surface area contributed by atoms with Crippen LogP contribution in [0.1, 0.15) is 30.4 Å². The highest BCUT2D eigenvalue weighted by Crippen LogP contribution is 2.36. The standard InChI is InChI=1S/C19H24N4O3S2/c1-27-10-5-16-17(24)23(13-15-4-2-3-14(11-15)12-20)19(21-16)6-8-22(9-7-19)28-18(25)26/h2-4,11,16,21H,5-10,13H2,1H3,(H,25,26). The molecule has 2 N–H and O–H groups in total. The van der Waals surface area contributed by atoms with Crippen molar-refractivity contribution in [3.05, 3.63) is 35.4 Å². The maximum absolute atomic E-state index is 13.2. The zero-order valence-corrected chi connectivity index (χ0v) is 17.4. The Bertz CT molecular complexity index is 775. The van der Waals surface area contributed by atoms with E-state index in [-0.39, 0.29) is 11.9 Å². The number of nitrogens with zero attached hydrogens (tertiary/aromatic N) is 3. The largest absolute Gasteiger partial charge is 0.472 e. The number of hydrogen-bond acceptors (Lipinski definition) is 7. The van der Waals surface area contributed by atoms with Gasteiger partial charge in [-0.05, 0) is 49.0 Å². The first kappa shape index (κ1) is 21.0. The number of hydrogen-bond donors (Lipinski definition) is 2. The molecular formula is C19H24N4O3S2. The lowest BCUT2D eigenvalue weighted by molar-refractivity contribution is -0.134. The van der Waals surface area contributed by atoms with Gasteiger partial charge < -0.3 is 10.0 Å². The second-order valence-corrected chi connectivity index (χ2v) is 9.07. The Hall–Kier alpha value is -1.73. The number of carbonyl (C=O) groups is 2. The zero-order valence-electron chi connectivity index (χ0n) is 15.8. The summed E-state index contributed by atoms with van der Waals surface area (Å²) in [6.45, 7) is 1.64. The molecule has 0 aliphatic carbocycles. The first-order valence-electron chi connectivity index (χ1n) is 9.20. The third-order valence-corrected chi connectivity index (χ3v) is 6.71. The number of carboxylic acid groups (broad SMARTS) is 1. The van der Waals surface area contributed by atoms with E-state index in [0.29, 0.717) is 38.0 Å². The van der Waals surface area contributed by atoms with Gasteiger partial charge in [-0.15, -0.1) is 0 Å². The van der Waals surface area contributed by atoms with Crippen LogP contribution in [0.15, 0.2) is 24.3 Å². The van der Waals surface area contributed by atoms with Gasteiger partial charge >= 0.3 is 5.30 Å². The second-order valence-electron chi connectivity index (χ2n) is 7.03. The number of piperidine rings is 1. The topological polar surface area (TPSA) is 96.7 Å². The number of rotatable bonds is 6. The molecule has 150 valence electrons. The number of nitrogens with one attached hydrogen (secondary N) is 1. The number of benzene rings is 1. The summed E-state index contributed by atoms with van der Waals surface area (Å²) in [5, 5.41) is 20.8. The minimum atomic E-state index is -0.908. The minimum Gasteiger partial charge on any atom is -0.472 e. The molecule has 0 saturated carbocycles. The van der Waals surface area contributed by atoms with Gasteiger partial charge in [0.1, 0.15) is 0 Å². The lowest BCUT2D eigenvalue weighted by atomic mass is 9.96. The van der Waals surface area contributed by atoms with Crippen molar-refractivity contribution in [3.8, 4) is 6.07 Å². The Morgan fingerprint density at radius 2 is 2.18 bits per heavy atom. The van der Waals surface area contributed by atoms with Crippen LogP contribution in [0, 0.1) is 11.3 Å². The van der Waals surface area contributed by atoms with Gasteiger partial charge in [-0.25, -0.2) is 9.10 Å². The van der Waals surface area contributed by atoms with E-state index in [4.69, 9.17) is 10.4 Å². The SMILES string of the molecule is CSCCC1NC2(CCN(SC(=O)O)CC2)N(Cc2cccc(C#N)c2)C1=O. The lowest BCUT2D eigenvalue weighted by Gasteiger charge is -2.44. The summed E-state index contributed by atoms with van der Waals surface area (Å²) >= 11 is 2.54. The molecule has 28 heavy (non-hydrogen) atoms. The van der Waals surface area contributed by atoms with Crippen LogP contribution in [0.3, 0.4) is 0 Å². The third kappa shape index (κ3) is 4.63. The molecule has 2 fully saturated rings. The molecule has 1 aromatic carbocycles. The van der Waals surface area contributed by atoms with Crippen LogP contribution in [0.2, 0.25) is 0 Å². The Kier molecular flexibility index (Phi) is 6.88. The molecule has 1 atom stereocenters. The van der Waals surface area contributed by atoms with Crippen LogP contribution < -0.4 is 5.32 Å². The molecule has 0 bridgehead atoms. The molecule has 1 spiro atoms. The minimum absolute atomic E-state index is 0.0933. The van der Waals surface area contributed by atoms with Gasteiger partial charge in [0, 0.05) is 31.6 Å². The molecule has 0 radical (unpaired) electrons. The molecule has 7 nitrogen and oxygen atoms in total. The van der Waals surface area contributed by atoms with Crippen molar-refractivity contribution >= 4 is 34.9 Å². The third-order valence-electron chi connectivity index (χ3n) is 5.29. The smallest absolute Gasteiger partial charge is 0.380 e. The average Bonchev–Trinajstić information content (AvgIpc) is 2.93. The molecule has 2 aliphatic heterocycles. The fourth-order valence-electron chi connectivity index (χ4n) is 3.92. The van der Waals surface area contributed by atoms with E-state index >= 15 is 0 Å². The quantitative estimate of drug-likeness (QED) is 0.678. The molecule has 2 saturated heterocycles. The summed E-state index contributed by atoms with van der Waals surface area (Å²) in [6, 6.07) is 9.29. The molecular weight excluding hydrogens is 396 g/mol. The van der Waals surface area contributed by atoms with E-state index in [1.807, 2.05) is 33.7 Å². The predicted octanol–water partition coefficient (Wildman–Crippen LogP) is 2.73. The van der Waals surface area contributed by atoms with Gasteiger partial charge in [-0.3, -0.25) is 10.1 Å². The zero-order chi connectivity index (χ0) is 20.1. The van der Waals surface area contributed by atoms with Crippen LogP contribution in [-0.4, -0.2) is 62.3 Å². The molecule has 2 heterocycles. The summed E-state index contributed by atoms with van der Waals surface area (Å²) in [5.41, 5.74) is 1.05. The Morgan fingerprint density at radius 1 is 1.43 bits per heavy atom. The molecule has 2 aliphatic rings. The van der Waals surface area contributed by atoms with Crippen molar-refractivity contribution in [1.82, 2.24) is 14.5 Å². The van der Waals surface area contributed by atoms with Crippen molar-refractivity contribution in [2.75, 3.05) is 25.1 Å². The van der Waals surface area contributed by atoms with E-state index in [9.17, 15) is 9.59 Å². The molecule has 0 aromatic heterocycles. The van der Waals surface area contributed by atoms with Gasteiger partial charge in [0.05, 0.1) is 23.3 Å². The van der Waals surface area contributed by atoms with Gasteiger partial charge in [-0.2, -0.15) is 17.0 Å². The van der Waals surface area contributed by atoms with Crippen LogP contribution in [0.5, 0.6) is 0 Å². The highest BCUT2D eigenvalue weighted by molar-refractivity contribution is 8.11. The highest BCUT2D eigenvalue weighted by Gasteiger charge is 2.51. The lowest BCUT2D eigenvalue weighted by Crippen LogP contribution is -2.57. The summed E-state index contributed by atoms with van der Waals surface area (Å²) in [4.78, 5) is 26.1. The fourth-order valence-corrected chi connectivity index (χ4v) is 4.97. The summed E-state index contributed by atoms with van der Waals surface area (Å²) < 4.78 is 1.84. The van der Waals surface area contributed by atoms with Crippen molar-refractivity contribution in [3.63, 3.8) is 0 Å². The van der Waals surface area contributed by atoms with Crippen molar-refractivity contribution < 1.29 is 14.7 Å². The monoisotopic (exact) mass is 420 g/mol. The van der Waals surface area contributed by atoms with Crippen LogP contribution in [0.25, 0.3) is 0 Å². The number of carbonyl (C=O) groups excluding carboxylic acids is 1. The number of amides is 1. The normalized spacial score (nSPS) is 21.8. The number of nitriles is 1. The average molecular weight is 421 g/mol. The Morgan fingerprint density at radius 3 is 2.82 bits per heavy atom. The van der Waals surface area contributed by atoms with Crippen LogP contribution >= 0.6 is 23.7 Å². The van der Waals surface area contributed by atoms with E-state index in [2.05, 4.69) is 11.4 Å². The fraction of sp³-hybridized carbons (Fsp3) is 0.526. The van der Waals surface area contributed by atoms with E-state index in [1.165, 1.54) is 0 Å². The van der Waals surface area contributed by atoms with E-state index < -0.39 is 11.0 Å². The van der Waals surface area contributed by atoms with Crippen molar-refractivity contribution in [1.29, 1.82) is 5.26 Å². The van der Waals surface area contributed by atoms with Crippen LogP contribution in [-0.2, 0) is 11.3 Å². The van der Waals surface area contributed by atoms with Crippen molar-refractivity contribution in [2.45, 2.75) is 37.5 Å². The summed E-state index contributed by atoms with van der Waals surface area (Å²) in [7, 11) is 0. The number of thioether (sulfide) groups is 1. The van der Waals surface area contributed by atoms with Crippen molar-refractivity contribution in [2.24, 2.45) is 0 Å². The molecule has 1 amide bonds. The Balaban J connectivity index is 1.80. The summed E-state index contributed by atoms with van der Waals surface area (Å²) in [5.74, 6) is 0.994. The summed E-state index contributed by atoms with van der Waals surface area (Å²) in [6.07, 6.45) is 4.14. The molecule has 3 rings (SSSR count). The molecule has 1 unspecified atom stereocenters. The van der Waals surface area contributed by atoms with Gasteiger partial charge in [0.25, 0.3) is 0 Å². The van der Waals surface area contributed by atoms with Crippen LogP contribution in [0.4, 0.5) is 4.79 Å². The van der Waals surface area contributed by atoms with Gasteiger partial charge in [-0.1, -0.05) is 12.1 Å². The van der Waals surface area contributed by atoms with Gasteiger partial charge in [0.2, 0.25) is 5.91 Å².